The van der Waals surface area contributed by atoms with Crippen molar-refractivity contribution in [1.29, 1.82) is 0 Å². The smallest absolute Gasteiger partial charge is 0.383 e. The van der Waals surface area contributed by atoms with Gasteiger partial charge in [0.15, 0.2) is 17.1 Å². The van der Waals surface area contributed by atoms with Gasteiger partial charge < -0.3 is 18.6 Å². The molecule has 3 aromatic rings. The Balaban J connectivity index is 1.80. The predicted molar refractivity (Wildman–Crippen MR) is 152 cm³/mol. The first-order valence-electron chi connectivity index (χ1n) is 13.9. The third kappa shape index (κ3) is 8.79. The number of hydrogen-bond donors (Lipinski definition) is 0. The van der Waals surface area contributed by atoms with E-state index in [0.29, 0.717) is 29.9 Å². The molecule has 0 aliphatic rings. The lowest BCUT2D eigenvalue weighted by Crippen LogP contribution is -2.16. The Morgan fingerprint density at radius 1 is 0.789 bits per heavy atom. The summed E-state index contributed by atoms with van der Waals surface area (Å²) < 4.78 is 23.2. The summed E-state index contributed by atoms with van der Waals surface area (Å²) in [6.45, 7) is 5.14. The molecule has 38 heavy (non-hydrogen) atoms. The number of hydrogen-bond acceptors (Lipinski definition) is 6. The fourth-order valence-corrected chi connectivity index (χ4v) is 4.16. The van der Waals surface area contributed by atoms with Crippen molar-refractivity contribution in [3.8, 4) is 17.2 Å². The van der Waals surface area contributed by atoms with Crippen molar-refractivity contribution in [3.05, 3.63) is 76.7 Å². The number of rotatable bonds is 17. The lowest BCUT2D eigenvalue weighted by Gasteiger charge is -2.15. The third-order valence-corrected chi connectivity index (χ3v) is 6.20. The van der Waals surface area contributed by atoms with Crippen molar-refractivity contribution >= 4 is 16.9 Å². The molecular weight excluding hydrogens is 480 g/mol. The van der Waals surface area contributed by atoms with Crippen molar-refractivity contribution in [3.63, 3.8) is 0 Å². The van der Waals surface area contributed by atoms with E-state index >= 15 is 0 Å². The Bertz CT molecular complexity index is 1210. The zero-order valence-corrected chi connectivity index (χ0v) is 22.7. The number of carbonyl (C=O) groups is 1. The lowest BCUT2D eigenvalue weighted by atomic mass is 10.1. The van der Waals surface area contributed by atoms with Gasteiger partial charge in [0.25, 0.3) is 5.75 Å². The average Bonchev–Trinajstić information content (AvgIpc) is 2.94. The maximum atomic E-state index is 13.1. The summed E-state index contributed by atoms with van der Waals surface area (Å²) in [6.07, 6.45) is 15.1. The zero-order chi connectivity index (χ0) is 27.0. The SMILES string of the molecule is CC/C=C/CCOc1cccc2c(OCCCCCCCCCC)c(OC(=O)c3ccccc3)c(=O)oc12. The Kier molecular flexibility index (Phi) is 12.5. The molecule has 3 rings (SSSR count). The van der Waals surface area contributed by atoms with Crippen LogP contribution in [0.3, 0.4) is 0 Å². The minimum absolute atomic E-state index is 0.208. The molecule has 0 saturated heterocycles. The van der Waals surface area contributed by atoms with Crippen LogP contribution in [0.2, 0.25) is 0 Å². The number of esters is 1. The Hall–Kier alpha value is -3.54. The second-order valence-electron chi connectivity index (χ2n) is 9.28. The second-order valence-corrected chi connectivity index (χ2v) is 9.28. The van der Waals surface area contributed by atoms with Crippen molar-refractivity contribution in [2.75, 3.05) is 13.2 Å². The highest BCUT2D eigenvalue weighted by molar-refractivity contribution is 5.94. The quantitative estimate of drug-likeness (QED) is 0.0772. The summed E-state index contributed by atoms with van der Waals surface area (Å²) >= 11 is 0. The molecule has 0 bridgehead atoms. The molecule has 0 aliphatic heterocycles. The monoisotopic (exact) mass is 520 g/mol. The molecule has 2 aromatic carbocycles. The van der Waals surface area contributed by atoms with Gasteiger partial charge in [0.05, 0.1) is 24.2 Å². The fraction of sp³-hybridized carbons (Fsp3) is 0.438. The first kappa shape index (κ1) is 29.0. The van der Waals surface area contributed by atoms with Gasteiger partial charge >= 0.3 is 11.6 Å². The number of carbonyl (C=O) groups excluding carboxylic acids is 1. The van der Waals surface area contributed by atoms with Crippen LogP contribution < -0.4 is 19.8 Å². The molecule has 0 amide bonds. The minimum atomic E-state index is -0.783. The van der Waals surface area contributed by atoms with E-state index in [0.717, 1.165) is 32.1 Å². The van der Waals surface area contributed by atoms with Crippen molar-refractivity contribution in [1.82, 2.24) is 0 Å². The fourth-order valence-electron chi connectivity index (χ4n) is 4.16. The van der Waals surface area contributed by atoms with E-state index in [1.165, 1.54) is 32.1 Å². The Morgan fingerprint density at radius 2 is 1.53 bits per heavy atom. The van der Waals surface area contributed by atoms with Gasteiger partial charge in [-0.3, -0.25) is 0 Å². The maximum Gasteiger partial charge on any atom is 0.383 e. The molecule has 0 radical (unpaired) electrons. The van der Waals surface area contributed by atoms with Gasteiger partial charge in [0.1, 0.15) is 0 Å². The van der Waals surface area contributed by atoms with Crippen LogP contribution in [0.25, 0.3) is 11.0 Å². The van der Waals surface area contributed by atoms with Crippen molar-refractivity contribution < 1.29 is 23.4 Å². The van der Waals surface area contributed by atoms with Gasteiger partial charge in [0.2, 0.25) is 0 Å². The predicted octanol–water partition coefficient (Wildman–Crippen LogP) is 8.27. The molecule has 0 spiro atoms. The number of allylic oxidation sites excluding steroid dienone is 1. The highest BCUT2D eigenvalue weighted by Crippen LogP contribution is 2.37. The molecule has 0 atom stereocenters. The van der Waals surface area contributed by atoms with E-state index in [4.69, 9.17) is 18.6 Å². The van der Waals surface area contributed by atoms with E-state index in [1.807, 2.05) is 6.07 Å². The largest absolute Gasteiger partial charge is 0.489 e. The summed E-state index contributed by atoms with van der Waals surface area (Å²) in [7, 11) is 0. The molecule has 0 aliphatic carbocycles. The van der Waals surface area contributed by atoms with Gasteiger partial charge in [-0.25, -0.2) is 9.59 Å². The third-order valence-electron chi connectivity index (χ3n) is 6.20. The molecule has 0 unspecified atom stereocenters. The molecule has 6 nitrogen and oxygen atoms in total. The van der Waals surface area contributed by atoms with E-state index in [1.54, 1.807) is 42.5 Å². The number of unbranched alkanes of at least 4 members (excludes halogenated alkanes) is 7. The topological polar surface area (TPSA) is 75.0 Å². The van der Waals surface area contributed by atoms with Crippen LogP contribution in [0.1, 0.15) is 88.4 Å². The van der Waals surface area contributed by atoms with E-state index in [2.05, 4.69) is 26.0 Å². The first-order chi connectivity index (χ1) is 18.7. The number of benzene rings is 2. The molecule has 0 saturated carbocycles. The molecule has 1 heterocycles. The first-order valence-corrected chi connectivity index (χ1v) is 13.9. The molecule has 0 fully saturated rings. The second kappa shape index (κ2) is 16.3. The Morgan fingerprint density at radius 3 is 2.26 bits per heavy atom. The van der Waals surface area contributed by atoms with Gasteiger partial charge in [-0.2, -0.15) is 0 Å². The molecule has 204 valence electrons. The van der Waals surface area contributed by atoms with Crippen LogP contribution in [0, 0.1) is 0 Å². The van der Waals surface area contributed by atoms with Crippen LogP contribution in [0.4, 0.5) is 0 Å². The molecule has 6 heteroatoms. The van der Waals surface area contributed by atoms with Gasteiger partial charge in [-0.1, -0.05) is 95.2 Å². The number of ether oxygens (including phenoxy) is 3. The number of para-hydroxylation sites is 1. The van der Waals surface area contributed by atoms with Crippen LogP contribution in [0.5, 0.6) is 17.2 Å². The summed E-state index contributed by atoms with van der Waals surface area (Å²) in [5.74, 6) is -0.236. The Labute approximate surface area is 225 Å². The van der Waals surface area contributed by atoms with Crippen molar-refractivity contribution in [2.45, 2.75) is 78.1 Å². The molecular formula is C32H40O6. The molecule has 1 aromatic heterocycles. The summed E-state index contributed by atoms with van der Waals surface area (Å²) in [6, 6.07) is 13.9. The van der Waals surface area contributed by atoms with Crippen LogP contribution in [0.15, 0.2) is 69.9 Å². The van der Waals surface area contributed by atoms with E-state index in [9.17, 15) is 9.59 Å². The lowest BCUT2D eigenvalue weighted by molar-refractivity contribution is 0.0721. The van der Waals surface area contributed by atoms with Gasteiger partial charge in [-0.15, -0.1) is 0 Å². The minimum Gasteiger partial charge on any atom is -0.489 e. The summed E-state index contributed by atoms with van der Waals surface area (Å²) in [5.41, 5.74) is -0.171. The van der Waals surface area contributed by atoms with E-state index in [-0.39, 0.29) is 17.1 Å². The van der Waals surface area contributed by atoms with Crippen LogP contribution >= 0.6 is 0 Å². The van der Waals surface area contributed by atoms with Crippen LogP contribution in [-0.2, 0) is 0 Å². The summed E-state index contributed by atoms with van der Waals surface area (Å²) in [4.78, 5) is 25.8. The van der Waals surface area contributed by atoms with E-state index < -0.39 is 11.6 Å². The molecule has 0 N–H and O–H groups in total. The highest BCUT2D eigenvalue weighted by Gasteiger charge is 2.23. The average molecular weight is 521 g/mol. The van der Waals surface area contributed by atoms with Gasteiger partial charge in [0, 0.05) is 0 Å². The van der Waals surface area contributed by atoms with Crippen molar-refractivity contribution in [2.24, 2.45) is 0 Å². The highest BCUT2D eigenvalue weighted by atomic mass is 16.6. The zero-order valence-electron chi connectivity index (χ0n) is 22.7. The maximum absolute atomic E-state index is 13.1. The summed E-state index contributed by atoms with van der Waals surface area (Å²) in [5, 5.41) is 0.529. The normalized spacial score (nSPS) is 11.2. The van der Waals surface area contributed by atoms with Crippen LogP contribution in [-0.4, -0.2) is 19.2 Å². The standard InChI is InChI=1S/C32H40O6/c1-3-5-7-9-10-11-12-17-24-36-29-26-21-18-22-27(35-23-16-8-6-4-2)28(26)37-32(34)30(29)38-31(33)25-19-14-13-15-20-25/h6,8,13-15,18-22H,3-5,7,9-12,16-17,23-24H2,1-2H3/b8-6+. The number of fused-ring (bicyclic) bond motifs is 1. The van der Waals surface area contributed by atoms with Gasteiger partial charge in [-0.05, 0) is 43.5 Å².